The summed E-state index contributed by atoms with van der Waals surface area (Å²) in [5.74, 6) is -3.16. The lowest BCUT2D eigenvalue weighted by atomic mass is 9.97. The lowest BCUT2D eigenvalue weighted by Crippen LogP contribution is -2.53. The monoisotopic (exact) mass is 458 g/mol. The molecule has 2 aliphatic heterocycles. The number of likely N-dealkylation sites (N-methyl/N-ethyl adjacent to an activating group) is 1. The zero-order chi connectivity index (χ0) is 24.1. The predicted molar refractivity (Wildman–Crippen MR) is 116 cm³/mol. The van der Waals surface area contributed by atoms with Crippen LogP contribution in [-0.2, 0) is 19.2 Å². The quantitative estimate of drug-likeness (QED) is 0.384. The van der Waals surface area contributed by atoms with E-state index in [9.17, 15) is 28.8 Å². The van der Waals surface area contributed by atoms with E-state index in [1.165, 1.54) is 18.0 Å². The van der Waals surface area contributed by atoms with Crippen LogP contribution in [-0.4, -0.2) is 83.5 Å². The van der Waals surface area contributed by atoms with Crippen molar-refractivity contribution in [2.75, 3.05) is 32.0 Å². The first-order valence-electron chi connectivity index (χ1n) is 10.7. The first-order chi connectivity index (χ1) is 15.7. The van der Waals surface area contributed by atoms with E-state index in [2.05, 4.69) is 10.6 Å². The number of hydrogen-bond donors (Lipinski definition) is 3. The molecule has 0 spiro atoms. The summed E-state index contributed by atoms with van der Waals surface area (Å²) in [6.07, 6.45) is 1.55. The second-order valence-electron chi connectivity index (χ2n) is 8.12. The number of nitrogens with one attached hydrogen (secondary N) is 2. The minimum atomic E-state index is -0.866. The predicted octanol–water partition coefficient (Wildman–Crippen LogP) is 0.111. The van der Waals surface area contributed by atoms with Crippen molar-refractivity contribution in [1.82, 2.24) is 15.1 Å². The summed E-state index contributed by atoms with van der Waals surface area (Å²) < 4.78 is 0. The van der Waals surface area contributed by atoms with Gasteiger partial charge in [-0.2, -0.15) is 0 Å². The molecular weight excluding hydrogens is 432 g/mol. The lowest BCUT2D eigenvalue weighted by molar-refractivity contribution is -0.145. The molecule has 1 unspecified atom stereocenters. The molecule has 11 heteroatoms. The van der Waals surface area contributed by atoms with Crippen molar-refractivity contribution in [3.63, 3.8) is 0 Å². The molecule has 2 fully saturated rings. The standard InChI is InChI=1S/C22H26N4O7/c1-25(16-5-6-17(28)24-20(16)30)21(31)19-14(12-27)3-2-4-15(19)23-11-18(29)26-9-7-13(8-10-26)22(32)33/h2-4,12-13,16,23H,5-11H2,1H3,(H,32,33)(H,24,28,30). The van der Waals surface area contributed by atoms with E-state index in [-0.39, 0.29) is 42.1 Å². The maximum atomic E-state index is 13.2. The Labute approximate surface area is 190 Å². The number of amides is 4. The smallest absolute Gasteiger partial charge is 0.306 e. The number of carboxylic acid groups (broad SMARTS) is 1. The SMILES string of the molecule is CN(C(=O)c1c(C=O)cccc1NCC(=O)N1CCC(C(=O)O)CC1)C1CCC(=O)NC1=O. The van der Waals surface area contributed by atoms with Crippen molar-refractivity contribution in [3.05, 3.63) is 29.3 Å². The topological polar surface area (TPSA) is 153 Å². The second kappa shape index (κ2) is 10.2. The number of imide groups is 1. The molecule has 1 aromatic carbocycles. The van der Waals surface area contributed by atoms with Gasteiger partial charge in [0.05, 0.1) is 18.0 Å². The molecule has 3 rings (SSSR count). The fourth-order valence-corrected chi connectivity index (χ4v) is 4.08. The first kappa shape index (κ1) is 23.9. The maximum absolute atomic E-state index is 13.2. The van der Waals surface area contributed by atoms with Crippen LogP contribution < -0.4 is 10.6 Å². The van der Waals surface area contributed by atoms with Gasteiger partial charge in [0.15, 0.2) is 6.29 Å². The van der Waals surface area contributed by atoms with E-state index in [0.717, 1.165) is 0 Å². The summed E-state index contributed by atoms with van der Waals surface area (Å²) in [5, 5.41) is 14.2. The van der Waals surface area contributed by atoms with Crippen molar-refractivity contribution in [3.8, 4) is 0 Å². The maximum Gasteiger partial charge on any atom is 0.306 e. The Morgan fingerprint density at radius 2 is 1.91 bits per heavy atom. The number of likely N-dealkylation sites (tertiary alicyclic amines) is 1. The van der Waals surface area contributed by atoms with E-state index in [1.807, 2.05) is 0 Å². The molecule has 0 aliphatic carbocycles. The van der Waals surface area contributed by atoms with E-state index in [4.69, 9.17) is 5.11 Å². The molecule has 4 amide bonds. The van der Waals surface area contributed by atoms with Crippen LogP contribution in [0.3, 0.4) is 0 Å². The van der Waals surface area contributed by atoms with Gasteiger partial charge in [-0.15, -0.1) is 0 Å². The summed E-state index contributed by atoms with van der Waals surface area (Å²) in [6, 6.07) is 3.72. The molecular formula is C22H26N4O7. The Balaban J connectivity index is 1.72. The minimum Gasteiger partial charge on any atom is -0.481 e. The molecule has 0 radical (unpaired) electrons. The third kappa shape index (κ3) is 5.36. The van der Waals surface area contributed by atoms with Crippen LogP contribution in [0, 0.1) is 5.92 Å². The summed E-state index contributed by atoms with van der Waals surface area (Å²) in [5.41, 5.74) is 0.383. The number of aldehydes is 1. The minimum absolute atomic E-state index is 0.0251. The molecule has 2 aliphatic rings. The van der Waals surface area contributed by atoms with Gasteiger partial charge in [0.25, 0.3) is 5.91 Å². The summed E-state index contributed by atoms with van der Waals surface area (Å²) in [7, 11) is 1.42. The van der Waals surface area contributed by atoms with E-state index < -0.39 is 35.7 Å². The third-order valence-corrected chi connectivity index (χ3v) is 6.06. The molecule has 2 saturated heterocycles. The van der Waals surface area contributed by atoms with Gasteiger partial charge in [0.1, 0.15) is 6.04 Å². The van der Waals surface area contributed by atoms with Crippen molar-refractivity contribution >= 4 is 41.6 Å². The van der Waals surface area contributed by atoms with E-state index in [0.29, 0.717) is 32.2 Å². The van der Waals surface area contributed by atoms with Crippen LogP contribution >= 0.6 is 0 Å². The Hall–Kier alpha value is -3.76. The van der Waals surface area contributed by atoms with Crippen molar-refractivity contribution in [2.24, 2.45) is 5.92 Å². The molecule has 11 nitrogen and oxygen atoms in total. The van der Waals surface area contributed by atoms with Gasteiger partial charge in [0, 0.05) is 37.8 Å². The van der Waals surface area contributed by atoms with Crippen LogP contribution in [0.4, 0.5) is 5.69 Å². The largest absolute Gasteiger partial charge is 0.481 e. The number of anilines is 1. The molecule has 0 saturated carbocycles. The summed E-state index contributed by atoms with van der Waals surface area (Å²) in [6.45, 7) is 0.508. The van der Waals surface area contributed by atoms with Crippen molar-refractivity contribution in [1.29, 1.82) is 0 Å². The molecule has 1 aromatic rings. The normalized spacial score (nSPS) is 18.9. The van der Waals surface area contributed by atoms with Crippen LogP contribution in [0.1, 0.15) is 46.4 Å². The lowest BCUT2D eigenvalue weighted by Gasteiger charge is -2.31. The zero-order valence-electron chi connectivity index (χ0n) is 18.2. The number of nitrogens with zero attached hydrogens (tertiary/aromatic N) is 2. The Morgan fingerprint density at radius 1 is 1.21 bits per heavy atom. The number of aliphatic carboxylic acids is 1. The van der Waals surface area contributed by atoms with Gasteiger partial charge in [-0.05, 0) is 25.3 Å². The number of carbonyl (C=O) groups excluding carboxylic acids is 5. The average Bonchev–Trinajstić information content (AvgIpc) is 2.81. The first-order valence-corrected chi connectivity index (χ1v) is 10.7. The molecule has 176 valence electrons. The number of piperidine rings is 2. The third-order valence-electron chi connectivity index (χ3n) is 6.06. The number of carbonyl (C=O) groups is 6. The molecule has 0 aromatic heterocycles. The number of carboxylic acids is 1. The molecule has 33 heavy (non-hydrogen) atoms. The average molecular weight is 458 g/mol. The highest BCUT2D eigenvalue weighted by molar-refractivity contribution is 6.09. The van der Waals surface area contributed by atoms with Crippen LogP contribution in [0.2, 0.25) is 0 Å². The highest BCUT2D eigenvalue weighted by Crippen LogP contribution is 2.24. The van der Waals surface area contributed by atoms with Gasteiger partial charge in [-0.25, -0.2) is 0 Å². The fourth-order valence-electron chi connectivity index (χ4n) is 4.08. The Kier molecular flexibility index (Phi) is 7.41. The van der Waals surface area contributed by atoms with Gasteiger partial charge in [0.2, 0.25) is 17.7 Å². The Bertz CT molecular complexity index is 985. The fraction of sp³-hybridized carbons (Fsp3) is 0.455. The van der Waals surface area contributed by atoms with E-state index in [1.54, 1.807) is 17.0 Å². The van der Waals surface area contributed by atoms with Crippen LogP contribution in [0.5, 0.6) is 0 Å². The molecule has 1 atom stereocenters. The molecule has 3 N–H and O–H groups in total. The molecule has 0 bridgehead atoms. The summed E-state index contributed by atoms with van der Waals surface area (Å²) >= 11 is 0. The number of rotatable bonds is 7. The van der Waals surface area contributed by atoms with E-state index >= 15 is 0 Å². The van der Waals surface area contributed by atoms with Crippen LogP contribution in [0.25, 0.3) is 0 Å². The zero-order valence-corrected chi connectivity index (χ0v) is 18.2. The highest BCUT2D eigenvalue weighted by Gasteiger charge is 2.34. The molecule has 2 heterocycles. The highest BCUT2D eigenvalue weighted by atomic mass is 16.4. The van der Waals surface area contributed by atoms with Crippen molar-refractivity contribution in [2.45, 2.75) is 31.7 Å². The summed E-state index contributed by atoms with van der Waals surface area (Å²) in [4.78, 5) is 74.9. The van der Waals surface area contributed by atoms with Crippen LogP contribution in [0.15, 0.2) is 18.2 Å². The van der Waals surface area contributed by atoms with Gasteiger partial charge in [-0.3, -0.25) is 34.1 Å². The second-order valence-corrected chi connectivity index (χ2v) is 8.12. The number of benzene rings is 1. The Morgan fingerprint density at radius 3 is 2.52 bits per heavy atom. The van der Waals surface area contributed by atoms with Crippen molar-refractivity contribution < 1.29 is 33.9 Å². The number of hydrogen-bond acceptors (Lipinski definition) is 7. The van der Waals surface area contributed by atoms with Gasteiger partial charge < -0.3 is 20.2 Å². The van der Waals surface area contributed by atoms with Gasteiger partial charge in [-0.1, -0.05) is 12.1 Å². The van der Waals surface area contributed by atoms with Gasteiger partial charge >= 0.3 is 5.97 Å².